The fourth-order valence-corrected chi connectivity index (χ4v) is 4.47. The van der Waals surface area contributed by atoms with Crippen LogP contribution in [0.4, 0.5) is 11.4 Å². The maximum Gasteiger partial charge on any atom is 0.119 e. The number of aryl methyl sites for hydroxylation is 1. The topological polar surface area (TPSA) is 24.9 Å². The first-order valence-electron chi connectivity index (χ1n) is 10.5. The minimum atomic E-state index is 0.259. The summed E-state index contributed by atoms with van der Waals surface area (Å²) in [5.41, 5.74) is 6.28. The van der Waals surface area contributed by atoms with Crippen molar-refractivity contribution in [3.8, 4) is 11.5 Å². The Bertz CT molecular complexity index is 1060. The zero-order valence-electron chi connectivity index (χ0n) is 17.4. The third kappa shape index (κ3) is 3.18. The van der Waals surface area contributed by atoms with Crippen molar-refractivity contribution < 1.29 is 9.47 Å². The van der Waals surface area contributed by atoms with Crippen LogP contribution in [0.3, 0.4) is 0 Å². The highest BCUT2D eigenvalue weighted by Crippen LogP contribution is 2.44. The maximum atomic E-state index is 5.64. The summed E-state index contributed by atoms with van der Waals surface area (Å²) in [6.07, 6.45) is 4.69. The molecule has 4 nitrogen and oxygen atoms in total. The monoisotopic (exact) mass is 398 g/mol. The van der Waals surface area contributed by atoms with Gasteiger partial charge in [-0.25, -0.2) is 0 Å². The summed E-state index contributed by atoms with van der Waals surface area (Å²) in [5, 5.41) is 0. The lowest BCUT2D eigenvalue weighted by Crippen LogP contribution is -2.42. The van der Waals surface area contributed by atoms with E-state index in [1.807, 2.05) is 19.1 Å². The third-order valence-corrected chi connectivity index (χ3v) is 5.89. The SMILES string of the molecule is CCOc1ccc(C2=CN(c3ccc(OC)cc3)C3CCc4ccccc4N23)cc1. The molecule has 5 rings (SSSR count). The zero-order valence-corrected chi connectivity index (χ0v) is 17.4. The van der Waals surface area contributed by atoms with Gasteiger partial charge in [-0.1, -0.05) is 18.2 Å². The van der Waals surface area contributed by atoms with Crippen LogP contribution in [0.2, 0.25) is 0 Å². The van der Waals surface area contributed by atoms with Crippen LogP contribution < -0.4 is 19.3 Å². The van der Waals surface area contributed by atoms with E-state index in [4.69, 9.17) is 9.47 Å². The first kappa shape index (κ1) is 18.6. The summed E-state index contributed by atoms with van der Waals surface area (Å²) in [4.78, 5) is 4.87. The van der Waals surface area contributed by atoms with Gasteiger partial charge in [0.2, 0.25) is 0 Å². The van der Waals surface area contributed by atoms with Gasteiger partial charge in [-0.3, -0.25) is 0 Å². The van der Waals surface area contributed by atoms with Crippen LogP contribution in [0.15, 0.2) is 79.0 Å². The largest absolute Gasteiger partial charge is 0.497 e. The third-order valence-electron chi connectivity index (χ3n) is 5.89. The Morgan fingerprint density at radius 2 is 1.63 bits per heavy atom. The average Bonchev–Trinajstić information content (AvgIpc) is 3.20. The van der Waals surface area contributed by atoms with Gasteiger partial charge in [0.05, 0.1) is 19.4 Å². The highest BCUT2D eigenvalue weighted by molar-refractivity contribution is 5.88. The van der Waals surface area contributed by atoms with Gasteiger partial charge in [-0.15, -0.1) is 0 Å². The van der Waals surface area contributed by atoms with E-state index < -0.39 is 0 Å². The molecule has 3 aromatic carbocycles. The second-order valence-electron chi connectivity index (χ2n) is 7.60. The molecule has 0 aromatic heterocycles. The molecule has 1 unspecified atom stereocenters. The molecule has 0 spiro atoms. The number of nitrogens with zero attached hydrogens (tertiary/aromatic N) is 2. The van der Waals surface area contributed by atoms with E-state index in [9.17, 15) is 0 Å². The van der Waals surface area contributed by atoms with E-state index in [2.05, 4.69) is 76.7 Å². The Balaban J connectivity index is 1.58. The Kier molecular flexibility index (Phi) is 4.83. The van der Waals surface area contributed by atoms with Crippen molar-refractivity contribution in [3.05, 3.63) is 90.1 Å². The molecule has 0 N–H and O–H groups in total. The highest BCUT2D eigenvalue weighted by atomic mass is 16.5. The number of anilines is 2. The molecule has 0 amide bonds. The molecule has 2 aliphatic heterocycles. The van der Waals surface area contributed by atoms with Crippen LogP contribution in [0, 0.1) is 0 Å². The van der Waals surface area contributed by atoms with Crippen LogP contribution in [0.5, 0.6) is 11.5 Å². The Labute approximate surface area is 178 Å². The number of hydrogen-bond acceptors (Lipinski definition) is 4. The summed E-state index contributed by atoms with van der Waals surface area (Å²) >= 11 is 0. The second kappa shape index (κ2) is 7.79. The van der Waals surface area contributed by atoms with Gasteiger partial charge in [0.1, 0.15) is 17.7 Å². The molecule has 0 fully saturated rings. The fourth-order valence-electron chi connectivity index (χ4n) is 4.47. The van der Waals surface area contributed by atoms with Crippen molar-refractivity contribution in [3.63, 3.8) is 0 Å². The number of methoxy groups -OCH3 is 1. The minimum absolute atomic E-state index is 0.259. The molecule has 3 aromatic rings. The van der Waals surface area contributed by atoms with Gasteiger partial charge in [0, 0.05) is 17.6 Å². The summed E-state index contributed by atoms with van der Waals surface area (Å²) in [7, 11) is 1.70. The molecule has 0 saturated heterocycles. The van der Waals surface area contributed by atoms with Crippen molar-refractivity contribution in [2.24, 2.45) is 0 Å². The molecular weight excluding hydrogens is 372 g/mol. The van der Waals surface area contributed by atoms with E-state index in [0.29, 0.717) is 6.61 Å². The summed E-state index contributed by atoms with van der Waals surface area (Å²) in [6.45, 7) is 2.68. The van der Waals surface area contributed by atoms with E-state index in [-0.39, 0.29) is 6.17 Å². The predicted octanol–water partition coefficient (Wildman–Crippen LogP) is 5.69. The molecule has 2 heterocycles. The number of para-hydroxylation sites is 1. The predicted molar refractivity (Wildman–Crippen MR) is 122 cm³/mol. The first-order chi connectivity index (χ1) is 14.8. The van der Waals surface area contributed by atoms with Gasteiger partial charge >= 0.3 is 0 Å². The average molecular weight is 399 g/mol. The molecule has 152 valence electrons. The number of fused-ring (bicyclic) bond motifs is 3. The molecule has 30 heavy (non-hydrogen) atoms. The molecular formula is C26H26N2O2. The first-order valence-corrected chi connectivity index (χ1v) is 10.5. The number of ether oxygens (including phenoxy) is 2. The molecule has 0 bridgehead atoms. The van der Waals surface area contributed by atoms with E-state index in [1.54, 1.807) is 7.11 Å². The van der Waals surface area contributed by atoms with Gasteiger partial charge in [-0.2, -0.15) is 0 Å². The number of benzene rings is 3. The van der Waals surface area contributed by atoms with Gasteiger partial charge in [-0.05, 0) is 85.5 Å². The number of hydrogen-bond donors (Lipinski definition) is 0. The smallest absolute Gasteiger partial charge is 0.119 e. The molecule has 2 aliphatic rings. The van der Waals surface area contributed by atoms with Crippen LogP contribution in [0.1, 0.15) is 24.5 Å². The molecule has 1 atom stereocenters. The fraction of sp³-hybridized carbons (Fsp3) is 0.231. The van der Waals surface area contributed by atoms with Gasteiger partial charge < -0.3 is 19.3 Å². The van der Waals surface area contributed by atoms with Gasteiger partial charge in [0.25, 0.3) is 0 Å². The molecule has 0 aliphatic carbocycles. The van der Waals surface area contributed by atoms with Crippen LogP contribution in [-0.2, 0) is 6.42 Å². The van der Waals surface area contributed by atoms with Crippen LogP contribution in [0.25, 0.3) is 5.70 Å². The summed E-state index contributed by atoms with van der Waals surface area (Å²) in [5.74, 6) is 1.78. The number of rotatable bonds is 5. The van der Waals surface area contributed by atoms with Crippen LogP contribution in [-0.4, -0.2) is 19.9 Å². The molecule has 4 heteroatoms. The molecule has 0 radical (unpaired) electrons. The van der Waals surface area contributed by atoms with E-state index in [1.165, 1.54) is 28.2 Å². The standard InChI is InChI=1S/C26H26N2O2/c1-3-30-23-13-8-20(9-14-23)25-18-27(21-11-15-22(29-2)16-12-21)26-17-10-19-6-4-5-7-24(19)28(25)26/h4-9,11-16,18,26H,3,10,17H2,1-2H3. The quantitative estimate of drug-likeness (QED) is 0.551. The second-order valence-corrected chi connectivity index (χ2v) is 7.60. The Morgan fingerprint density at radius 1 is 0.900 bits per heavy atom. The van der Waals surface area contributed by atoms with Crippen molar-refractivity contribution in [2.45, 2.75) is 25.9 Å². The van der Waals surface area contributed by atoms with Crippen molar-refractivity contribution >= 4 is 17.1 Å². The van der Waals surface area contributed by atoms with Crippen LogP contribution >= 0.6 is 0 Å². The normalized spacial score (nSPS) is 17.3. The summed E-state index contributed by atoms with van der Waals surface area (Å²) in [6, 6.07) is 25.5. The zero-order chi connectivity index (χ0) is 20.5. The van der Waals surface area contributed by atoms with E-state index in [0.717, 1.165) is 24.3 Å². The minimum Gasteiger partial charge on any atom is -0.497 e. The lowest BCUT2D eigenvalue weighted by molar-refractivity contribution is 0.340. The maximum absolute atomic E-state index is 5.64. The molecule has 0 saturated carbocycles. The van der Waals surface area contributed by atoms with Crippen molar-refractivity contribution in [1.29, 1.82) is 0 Å². The van der Waals surface area contributed by atoms with Crippen molar-refractivity contribution in [1.82, 2.24) is 0 Å². The highest BCUT2D eigenvalue weighted by Gasteiger charge is 2.38. The van der Waals surface area contributed by atoms with Crippen molar-refractivity contribution in [2.75, 3.05) is 23.5 Å². The summed E-state index contributed by atoms with van der Waals surface area (Å²) < 4.78 is 11.0. The Hall–Kier alpha value is -3.40. The Morgan fingerprint density at radius 3 is 2.37 bits per heavy atom. The lowest BCUT2D eigenvalue weighted by atomic mass is 9.98. The lowest BCUT2D eigenvalue weighted by Gasteiger charge is -2.39. The van der Waals surface area contributed by atoms with E-state index >= 15 is 0 Å². The van der Waals surface area contributed by atoms with Gasteiger partial charge in [0.15, 0.2) is 0 Å².